The van der Waals surface area contributed by atoms with Crippen LogP contribution in [-0.4, -0.2) is 56.6 Å². The van der Waals surface area contributed by atoms with Crippen molar-refractivity contribution in [3.05, 3.63) is 30.0 Å². The van der Waals surface area contributed by atoms with Gasteiger partial charge in [-0.25, -0.2) is 8.42 Å². The van der Waals surface area contributed by atoms with Gasteiger partial charge in [0.1, 0.15) is 5.76 Å². The number of hydrogen-bond donors (Lipinski definition) is 1. The zero-order valence-electron chi connectivity index (χ0n) is 18.3. The molecule has 31 heavy (non-hydrogen) atoms. The van der Waals surface area contributed by atoms with Crippen LogP contribution < -0.4 is 15.0 Å². The number of nitrogens with zero attached hydrogens (tertiary/aromatic N) is 3. The monoisotopic (exact) mass is 450 g/mol. The fourth-order valence-electron chi connectivity index (χ4n) is 3.61. The lowest BCUT2D eigenvalue weighted by molar-refractivity contribution is -0.118. The molecule has 10 heteroatoms. The number of aromatic nitrogens is 1. The normalized spacial score (nSPS) is 14.9. The molecule has 1 aromatic heterocycles. The molecule has 9 nitrogen and oxygen atoms in total. The van der Waals surface area contributed by atoms with E-state index in [0.29, 0.717) is 37.6 Å². The minimum Gasteiger partial charge on any atom is -0.465 e. The average Bonchev–Trinajstić information content (AvgIpc) is 3.19. The predicted molar refractivity (Wildman–Crippen MR) is 118 cm³/mol. The summed E-state index contributed by atoms with van der Waals surface area (Å²) >= 11 is 0. The highest BCUT2D eigenvalue weighted by atomic mass is 32.2. The van der Waals surface area contributed by atoms with E-state index in [1.165, 1.54) is 10.4 Å². The van der Waals surface area contributed by atoms with Gasteiger partial charge in [-0.2, -0.15) is 4.31 Å². The van der Waals surface area contributed by atoms with Crippen LogP contribution in [0.4, 0.5) is 11.4 Å². The highest BCUT2D eigenvalue weighted by Gasteiger charge is 2.27. The number of benzene rings is 1. The largest absolute Gasteiger partial charge is 0.465 e. The topological polar surface area (TPSA) is 105 Å². The number of ether oxygens (including phenoxy) is 1. The SMILES string of the molecule is CCN(CC)c1ccc(S(=O)(=O)N2CCCCC2)cc1NC(=O)COc1cc(C)on1. The molecule has 0 bridgehead atoms. The molecule has 1 aliphatic heterocycles. The van der Waals surface area contributed by atoms with Crippen molar-refractivity contribution < 1.29 is 22.5 Å². The van der Waals surface area contributed by atoms with Crippen LogP contribution in [-0.2, 0) is 14.8 Å². The maximum Gasteiger partial charge on any atom is 0.262 e. The molecule has 1 amide bonds. The van der Waals surface area contributed by atoms with Crippen LogP contribution >= 0.6 is 0 Å². The fourth-order valence-corrected chi connectivity index (χ4v) is 5.15. The number of anilines is 2. The summed E-state index contributed by atoms with van der Waals surface area (Å²) in [5.41, 5.74) is 1.19. The molecule has 1 fully saturated rings. The van der Waals surface area contributed by atoms with Gasteiger partial charge in [-0.3, -0.25) is 4.79 Å². The molecule has 0 unspecified atom stereocenters. The number of piperidine rings is 1. The second kappa shape index (κ2) is 10.1. The highest BCUT2D eigenvalue weighted by Crippen LogP contribution is 2.31. The first kappa shape index (κ1) is 23.1. The number of hydrogen-bond acceptors (Lipinski definition) is 7. The molecule has 0 saturated carbocycles. The van der Waals surface area contributed by atoms with Crippen molar-refractivity contribution in [2.75, 3.05) is 43.0 Å². The summed E-state index contributed by atoms with van der Waals surface area (Å²) in [6.07, 6.45) is 2.76. The predicted octanol–water partition coefficient (Wildman–Crippen LogP) is 3.02. The van der Waals surface area contributed by atoms with E-state index in [2.05, 4.69) is 15.4 Å². The van der Waals surface area contributed by atoms with Crippen LogP contribution in [0.5, 0.6) is 5.88 Å². The maximum absolute atomic E-state index is 13.1. The van der Waals surface area contributed by atoms with Crippen LogP contribution in [0.15, 0.2) is 33.7 Å². The third-order valence-corrected chi connectivity index (χ3v) is 7.15. The Morgan fingerprint density at radius 1 is 1.19 bits per heavy atom. The molecule has 2 aromatic rings. The van der Waals surface area contributed by atoms with Gasteiger partial charge in [-0.05, 0) is 57.0 Å². The molecule has 1 aromatic carbocycles. The number of sulfonamides is 1. The van der Waals surface area contributed by atoms with Crippen molar-refractivity contribution in [2.24, 2.45) is 0 Å². The first-order chi connectivity index (χ1) is 14.8. The quantitative estimate of drug-likeness (QED) is 0.626. The Balaban J connectivity index is 1.84. The number of aryl methyl sites for hydroxylation is 1. The van der Waals surface area contributed by atoms with Crippen molar-refractivity contribution in [1.29, 1.82) is 0 Å². The third-order valence-electron chi connectivity index (χ3n) is 5.26. The molecule has 0 aliphatic carbocycles. The first-order valence-electron chi connectivity index (χ1n) is 10.6. The zero-order valence-corrected chi connectivity index (χ0v) is 19.1. The summed E-state index contributed by atoms with van der Waals surface area (Å²) in [5, 5.41) is 6.50. The summed E-state index contributed by atoms with van der Waals surface area (Å²) in [4.78, 5) is 14.8. The van der Waals surface area contributed by atoms with Gasteiger partial charge < -0.3 is 19.5 Å². The van der Waals surface area contributed by atoms with Gasteiger partial charge in [-0.1, -0.05) is 6.42 Å². The Bertz CT molecular complexity index is 995. The van der Waals surface area contributed by atoms with Crippen LogP contribution in [0, 0.1) is 6.92 Å². The summed E-state index contributed by atoms with van der Waals surface area (Å²) in [7, 11) is -3.62. The number of carbonyl (C=O) groups excluding carboxylic acids is 1. The molecule has 1 aliphatic rings. The number of amides is 1. The first-order valence-corrected chi connectivity index (χ1v) is 12.0. The molecule has 1 saturated heterocycles. The smallest absolute Gasteiger partial charge is 0.262 e. The van der Waals surface area contributed by atoms with Crippen molar-refractivity contribution in [2.45, 2.75) is 44.9 Å². The molecular weight excluding hydrogens is 420 g/mol. The van der Waals surface area contributed by atoms with Crippen molar-refractivity contribution in [3.8, 4) is 5.88 Å². The molecule has 0 spiro atoms. The van der Waals surface area contributed by atoms with Gasteiger partial charge in [0, 0.05) is 32.2 Å². The van der Waals surface area contributed by atoms with Gasteiger partial charge in [0.05, 0.1) is 16.3 Å². The van der Waals surface area contributed by atoms with E-state index in [0.717, 1.165) is 24.9 Å². The van der Waals surface area contributed by atoms with Gasteiger partial charge in [0.15, 0.2) is 6.61 Å². The van der Waals surface area contributed by atoms with Crippen LogP contribution in [0.25, 0.3) is 0 Å². The molecule has 0 radical (unpaired) electrons. The summed E-state index contributed by atoms with van der Waals surface area (Å²) < 4.78 is 38.0. The standard InChI is InChI=1S/C21H30N4O5S/c1-4-24(5-2)19-10-9-17(31(27,28)25-11-7-6-8-12-25)14-18(19)22-20(26)15-29-21-13-16(3)30-23-21/h9-10,13-14H,4-8,11-12,15H2,1-3H3,(H,22,26). The Kier molecular flexibility index (Phi) is 7.55. The van der Waals surface area contributed by atoms with Gasteiger partial charge in [0.2, 0.25) is 10.0 Å². The fraction of sp³-hybridized carbons (Fsp3) is 0.524. The average molecular weight is 451 g/mol. The number of nitrogens with one attached hydrogen (secondary N) is 1. The van der Waals surface area contributed by atoms with Crippen molar-refractivity contribution in [3.63, 3.8) is 0 Å². The second-order valence-corrected chi connectivity index (χ2v) is 9.37. The summed E-state index contributed by atoms with van der Waals surface area (Å²) in [5.74, 6) is 0.384. The van der Waals surface area contributed by atoms with Crippen LogP contribution in [0.3, 0.4) is 0 Å². The van der Waals surface area contributed by atoms with E-state index < -0.39 is 15.9 Å². The summed E-state index contributed by atoms with van der Waals surface area (Å²) in [6.45, 7) is 7.93. The molecule has 0 atom stereocenters. The number of rotatable bonds is 9. The van der Waals surface area contributed by atoms with Gasteiger partial charge in [0.25, 0.3) is 11.8 Å². The van der Waals surface area contributed by atoms with E-state index in [-0.39, 0.29) is 17.4 Å². The van der Waals surface area contributed by atoms with Crippen molar-refractivity contribution in [1.82, 2.24) is 9.46 Å². The lowest BCUT2D eigenvalue weighted by atomic mass is 10.2. The third kappa shape index (κ3) is 5.56. The lowest BCUT2D eigenvalue weighted by Crippen LogP contribution is -2.35. The maximum atomic E-state index is 13.1. The Labute approximate surface area is 183 Å². The van der Waals surface area contributed by atoms with Crippen LogP contribution in [0.2, 0.25) is 0 Å². The van der Waals surface area contributed by atoms with Gasteiger partial charge >= 0.3 is 0 Å². The Morgan fingerprint density at radius 3 is 2.52 bits per heavy atom. The van der Waals surface area contributed by atoms with E-state index in [1.807, 2.05) is 13.8 Å². The van der Waals surface area contributed by atoms with Crippen molar-refractivity contribution >= 4 is 27.3 Å². The van der Waals surface area contributed by atoms with E-state index in [4.69, 9.17) is 9.26 Å². The van der Waals surface area contributed by atoms with Crippen LogP contribution in [0.1, 0.15) is 38.9 Å². The zero-order chi connectivity index (χ0) is 22.4. The Morgan fingerprint density at radius 2 is 1.90 bits per heavy atom. The molecule has 170 valence electrons. The second-order valence-electron chi connectivity index (χ2n) is 7.43. The van der Waals surface area contributed by atoms with E-state index >= 15 is 0 Å². The molecule has 2 heterocycles. The number of carbonyl (C=O) groups is 1. The minimum atomic E-state index is -3.62. The molecular formula is C21H30N4O5S. The lowest BCUT2D eigenvalue weighted by Gasteiger charge is -2.28. The Hall–Kier alpha value is -2.59. The van der Waals surface area contributed by atoms with Gasteiger partial charge in [-0.15, -0.1) is 0 Å². The van der Waals surface area contributed by atoms with E-state index in [1.54, 1.807) is 25.1 Å². The minimum absolute atomic E-state index is 0.175. The van der Waals surface area contributed by atoms with E-state index in [9.17, 15) is 13.2 Å². The molecule has 1 N–H and O–H groups in total. The summed E-state index contributed by atoms with van der Waals surface area (Å²) in [6, 6.07) is 6.49. The highest BCUT2D eigenvalue weighted by molar-refractivity contribution is 7.89. The molecule has 3 rings (SSSR count).